The van der Waals surface area contributed by atoms with E-state index < -0.39 is 0 Å². The molecule has 0 saturated heterocycles. The Morgan fingerprint density at radius 2 is 2.07 bits per heavy atom. The summed E-state index contributed by atoms with van der Waals surface area (Å²) in [5, 5.41) is 9.31. The molecular weight excluding hydrogens is 196 g/mol. The number of aromatic nitrogens is 3. The summed E-state index contributed by atoms with van der Waals surface area (Å²) < 4.78 is 0. The van der Waals surface area contributed by atoms with E-state index in [0.29, 0.717) is 11.8 Å². The Morgan fingerprint density at radius 1 is 1.29 bits per heavy atom. The van der Waals surface area contributed by atoms with E-state index in [1.165, 1.54) is 0 Å². The summed E-state index contributed by atoms with van der Waals surface area (Å²) in [4.78, 5) is 4.16. The highest BCUT2D eigenvalue weighted by molar-refractivity contribution is 7.79. The summed E-state index contributed by atoms with van der Waals surface area (Å²) in [7, 11) is 0. The summed E-state index contributed by atoms with van der Waals surface area (Å²) in [6.45, 7) is 0. The molecule has 0 bridgehead atoms. The highest BCUT2D eigenvalue weighted by Crippen LogP contribution is 2.14. The maximum atomic E-state index is 4.50. The summed E-state index contributed by atoms with van der Waals surface area (Å²) in [6.07, 6.45) is 0. The molecule has 1 aromatic heterocycles. The van der Waals surface area contributed by atoms with Gasteiger partial charge < -0.3 is 5.32 Å². The van der Waals surface area contributed by atoms with Gasteiger partial charge in [-0.25, -0.2) is 0 Å². The smallest absolute Gasteiger partial charge is 0.247 e. The monoisotopic (exact) mass is 203 g/mol. The first-order valence-corrected chi connectivity index (χ1v) is 4.42. The largest absolute Gasteiger partial charge is 0.311 e. The Labute approximate surface area is 86.4 Å². The fourth-order valence-electron chi connectivity index (χ4n) is 1.09. The fraction of sp³-hybridized carbons (Fsp3) is 0. The van der Waals surface area contributed by atoms with Gasteiger partial charge in [-0.2, -0.15) is 4.98 Å². The number of aromatic amines is 1. The van der Waals surface area contributed by atoms with Crippen molar-refractivity contribution in [2.24, 2.45) is 0 Å². The van der Waals surface area contributed by atoms with E-state index in [1.54, 1.807) is 0 Å². The van der Waals surface area contributed by atoms with E-state index in [4.69, 9.17) is 0 Å². The first-order valence-electron chi connectivity index (χ1n) is 4.01. The van der Waals surface area contributed by atoms with E-state index in [1.807, 2.05) is 30.3 Å². The lowest BCUT2D eigenvalue weighted by Gasteiger charge is -1.92. The third-order valence-electron chi connectivity index (χ3n) is 1.70. The molecular formula is C9H7N4S. The Morgan fingerprint density at radius 3 is 2.79 bits per heavy atom. The van der Waals surface area contributed by atoms with E-state index in [9.17, 15) is 0 Å². The molecule has 0 amide bonds. The molecule has 0 unspecified atom stereocenters. The van der Waals surface area contributed by atoms with Crippen LogP contribution in [0.25, 0.3) is 11.4 Å². The molecule has 1 aromatic carbocycles. The van der Waals surface area contributed by atoms with Crippen LogP contribution in [0.4, 0.5) is 5.95 Å². The first kappa shape index (κ1) is 8.83. The van der Waals surface area contributed by atoms with Crippen molar-refractivity contribution in [1.82, 2.24) is 15.2 Å². The molecule has 0 saturated carbocycles. The van der Waals surface area contributed by atoms with Crippen molar-refractivity contribution in [2.75, 3.05) is 5.32 Å². The van der Waals surface area contributed by atoms with Crippen LogP contribution in [0, 0.1) is 0 Å². The molecule has 0 spiro atoms. The Hall–Kier alpha value is -1.75. The molecule has 0 fully saturated rings. The lowest BCUT2D eigenvalue weighted by molar-refractivity contribution is 1.10. The van der Waals surface area contributed by atoms with Crippen molar-refractivity contribution >= 4 is 23.7 Å². The fourth-order valence-corrected chi connectivity index (χ4v) is 1.18. The maximum absolute atomic E-state index is 4.50. The van der Waals surface area contributed by atoms with Crippen molar-refractivity contribution < 1.29 is 0 Å². The molecule has 2 aromatic rings. The molecule has 0 aliphatic carbocycles. The van der Waals surface area contributed by atoms with Gasteiger partial charge in [-0.1, -0.05) is 42.5 Å². The van der Waals surface area contributed by atoms with Crippen LogP contribution in [-0.2, 0) is 0 Å². The van der Waals surface area contributed by atoms with E-state index in [0.717, 1.165) is 5.56 Å². The van der Waals surface area contributed by atoms with Crippen LogP contribution in [0.5, 0.6) is 0 Å². The average molecular weight is 203 g/mol. The second-order valence-electron chi connectivity index (χ2n) is 2.60. The number of hydrogen-bond donors (Lipinski definition) is 2. The highest BCUT2D eigenvalue weighted by Gasteiger charge is 2.02. The molecule has 2 rings (SSSR count). The summed E-state index contributed by atoms with van der Waals surface area (Å²) in [5.41, 5.74) is 3.32. The van der Waals surface area contributed by atoms with Gasteiger partial charge in [0, 0.05) is 5.56 Å². The maximum Gasteiger partial charge on any atom is 0.247 e. The zero-order valence-corrected chi connectivity index (χ0v) is 8.01. The topological polar surface area (TPSA) is 53.6 Å². The molecule has 4 nitrogen and oxygen atoms in total. The van der Waals surface area contributed by atoms with Crippen molar-refractivity contribution in [3.8, 4) is 11.4 Å². The zero-order valence-electron chi connectivity index (χ0n) is 7.19. The Balaban J connectivity index is 2.29. The van der Waals surface area contributed by atoms with Crippen molar-refractivity contribution in [3.05, 3.63) is 30.3 Å². The SMILES string of the molecule is S=[C]Nc1n[nH]c(-c2ccccc2)n1. The third-order valence-corrected chi connectivity index (χ3v) is 1.80. The molecule has 0 aliphatic rings. The molecule has 69 valence electrons. The van der Waals surface area contributed by atoms with Gasteiger partial charge in [-0.15, -0.1) is 5.10 Å². The van der Waals surface area contributed by atoms with Gasteiger partial charge in [0.2, 0.25) is 5.95 Å². The molecule has 0 atom stereocenters. The standard InChI is InChI=1S/C9H7N4S/c14-6-10-9-11-8(12-13-9)7-4-2-1-3-5-7/h1-5H,(H2,10,11,12,13,14). The van der Waals surface area contributed by atoms with E-state index in [-0.39, 0.29) is 0 Å². The molecule has 14 heavy (non-hydrogen) atoms. The van der Waals surface area contributed by atoms with Gasteiger partial charge in [0.05, 0.1) is 0 Å². The van der Waals surface area contributed by atoms with Crippen LogP contribution >= 0.6 is 12.2 Å². The molecule has 0 aliphatic heterocycles. The lowest BCUT2D eigenvalue weighted by atomic mass is 10.2. The average Bonchev–Trinajstić information content (AvgIpc) is 2.68. The number of nitrogens with one attached hydrogen (secondary N) is 2. The molecule has 1 heterocycles. The quantitative estimate of drug-likeness (QED) is 0.589. The van der Waals surface area contributed by atoms with Gasteiger partial charge in [0.25, 0.3) is 0 Å². The van der Waals surface area contributed by atoms with Crippen LogP contribution in [0.15, 0.2) is 30.3 Å². The second-order valence-corrected chi connectivity index (χ2v) is 2.80. The summed E-state index contributed by atoms with van der Waals surface area (Å²) in [5.74, 6) is 1.14. The van der Waals surface area contributed by atoms with Gasteiger partial charge in [-0.05, 0) is 0 Å². The number of nitrogens with zero attached hydrogens (tertiary/aromatic N) is 2. The number of H-pyrrole nitrogens is 1. The Kier molecular flexibility index (Phi) is 2.51. The van der Waals surface area contributed by atoms with Crippen molar-refractivity contribution in [2.45, 2.75) is 0 Å². The van der Waals surface area contributed by atoms with Crippen LogP contribution in [0.2, 0.25) is 0 Å². The minimum Gasteiger partial charge on any atom is -0.311 e. The number of anilines is 1. The first-order chi connectivity index (χ1) is 6.90. The zero-order chi connectivity index (χ0) is 9.80. The predicted molar refractivity (Wildman–Crippen MR) is 58.0 cm³/mol. The second kappa shape index (κ2) is 3.97. The van der Waals surface area contributed by atoms with Crippen LogP contribution in [0.1, 0.15) is 0 Å². The van der Waals surface area contributed by atoms with Crippen LogP contribution in [-0.4, -0.2) is 20.7 Å². The predicted octanol–water partition coefficient (Wildman–Crippen LogP) is 1.72. The van der Waals surface area contributed by atoms with Gasteiger partial charge in [-0.3, -0.25) is 5.10 Å². The summed E-state index contributed by atoms with van der Waals surface area (Å²) in [6, 6.07) is 9.73. The minimum absolute atomic E-state index is 0.429. The summed E-state index contributed by atoms with van der Waals surface area (Å²) >= 11 is 4.50. The van der Waals surface area contributed by atoms with Gasteiger partial charge in [0.1, 0.15) is 5.49 Å². The highest BCUT2D eigenvalue weighted by atomic mass is 32.1. The molecule has 2 N–H and O–H groups in total. The normalized spacial score (nSPS) is 9.71. The van der Waals surface area contributed by atoms with Gasteiger partial charge >= 0.3 is 0 Å². The molecule has 5 heteroatoms. The van der Waals surface area contributed by atoms with Crippen LogP contribution in [0.3, 0.4) is 0 Å². The minimum atomic E-state index is 0.429. The number of hydrogen-bond acceptors (Lipinski definition) is 3. The van der Waals surface area contributed by atoms with Crippen molar-refractivity contribution in [3.63, 3.8) is 0 Å². The molecule has 1 radical (unpaired) electrons. The lowest BCUT2D eigenvalue weighted by Crippen LogP contribution is -1.93. The van der Waals surface area contributed by atoms with Crippen molar-refractivity contribution in [1.29, 1.82) is 0 Å². The Bertz CT molecular complexity index is 423. The van der Waals surface area contributed by atoms with E-state index >= 15 is 0 Å². The van der Waals surface area contributed by atoms with Crippen LogP contribution < -0.4 is 5.32 Å². The van der Waals surface area contributed by atoms with E-state index in [2.05, 4.69) is 38.2 Å². The third kappa shape index (κ3) is 1.77. The number of benzene rings is 1. The van der Waals surface area contributed by atoms with Gasteiger partial charge in [0.15, 0.2) is 5.82 Å². The number of rotatable bonds is 3. The number of thiocarbonyl (C=S) groups is 1.